The minimum absolute atomic E-state index is 0.354. The van der Waals surface area contributed by atoms with E-state index in [1.54, 1.807) is 0 Å². The molecule has 0 aromatic carbocycles. The van der Waals surface area contributed by atoms with Crippen LogP contribution in [0.3, 0.4) is 0 Å². The lowest BCUT2D eigenvalue weighted by molar-refractivity contribution is -0.133. The van der Waals surface area contributed by atoms with Crippen LogP contribution in [0, 0.1) is 11.8 Å². The van der Waals surface area contributed by atoms with E-state index in [2.05, 4.69) is 26.1 Å². The molecule has 0 saturated carbocycles. The highest BCUT2D eigenvalue weighted by Gasteiger charge is 2.22. The minimum Gasteiger partial charge on any atom is -0.343 e. The van der Waals surface area contributed by atoms with Crippen molar-refractivity contribution in [3.05, 3.63) is 0 Å². The second-order valence-corrected chi connectivity index (χ2v) is 5.88. The number of amides is 1. The van der Waals surface area contributed by atoms with E-state index in [1.807, 2.05) is 11.9 Å². The van der Waals surface area contributed by atoms with Crippen molar-refractivity contribution in [1.29, 1.82) is 0 Å². The summed E-state index contributed by atoms with van der Waals surface area (Å²) in [5, 5.41) is 3.29. The zero-order valence-electron chi connectivity index (χ0n) is 11.8. The zero-order chi connectivity index (χ0) is 12.8. The Kier molecular flexibility index (Phi) is 5.96. The van der Waals surface area contributed by atoms with E-state index in [1.165, 1.54) is 0 Å². The summed E-state index contributed by atoms with van der Waals surface area (Å²) in [5.41, 5.74) is 0. The van der Waals surface area contributed by atoms with Crippen molar-refractivity contribution in [2.75, 3.05) is 20.1 Å². The summed E-state index contributed by atoms with van der Waals surface area (Å²) in [7, 11) is 2.01. The smallest absolute Gasteiger partial charge is 0.222 e. The first-order valence-corrected chi connectivity index (χ1v) is 6.98. The molecule has 0 aliphatic carbocycles. The van der Waals surface area contributed by atoms with Crippen LogP contribution in [0.2, 0.25) is 0 Å². The Morgan fingerprint density at radius 1 is 1.29 bits per heavy atom. The lowest BCUT2D eigenvalue weighted by atomic mass is 9.95. The molecule has 1 aliphatic heterocycles. The van der Waals surface area contributed by atoms with Gasteiger partial charge in [0, 0.05) is 25.6 Å². The van der Waals surface area contributed by atoms with Crippen LogP contribution < -0.4 is 5.32 Å². The molecule has 1 N–H and O–H groups in total. The van der Waals surface area contributed by atoms with Crippen molar-refractivity contribution in [3.8, 4) is 0 Å². The minimum atomic E-state index is 0.354. The predicted octanol–water partition coefficient (Wildman–Crippen LogP) is 2.27. The van der Waals surface area contributed by atoms with Crippen molar-refractivity contribution in [2.45, 2.75) is 52.5 Å². The molecular formula is C14H28N2O. The molecule has 1 unspecified atom stereocenters. The SMILES string of the molecule is CNC1CCN(C(=O)CC(C)CC(C)C)CC1. The first-order chi connectivity index (χ1) is 8.02. The molecule has 100 valence electrons. The topological polar surface area (TPSA) is 32.3 Å². The molecule has 0 aromatic heterocycles. The molecule has 1 heterocycles. The molecule has 1 atom stereocenters. The maximum atomic E-state index is 12.1. The van der Waals surface area contributed by atoms with Crippen molar-refractivity contribution >= 4 is 5.91 Å². The van der Waals surface area contributed by atoms with Crippen molar-refractivity contribution < 1.29 is 4.79 Å². The summed E-state index contributed by atoms with van der Waals surface area (Å²) in [5.74, 6) is 1.56. The predicted molar refractivity (Wildman–Crippen MR) is 71.9 cm³/mol. The van der Waals surface area contributed by atoms with Gasteiger partial charge >= 0.3 is 0 Å². The fourth-order valence-corrected chi connectivity index (χ4v) is 2.73. The van der Waals surface area contributed by atoms with Gasteiger partial charge in [-0.25, -0.2) is 0 Å². The molecule has 1 fully saturated rings. The maximum absolute atomic E-state index is 12.1. The third kappa shape index (κ3) is 5.07. The van der Waals surface area contributed by atoms with Crippen molar-refractivity contribution in [3.63, 3.8) is 0 Å². The van der Waals surface area contributed by atoms with Gasteiger partial charge in [0.05, 0.1) is 0 Å². The Morgan fingerprint density at radius 3 is 2.35 bits per heavy atom. The third-order valence-corrected chi connectivity index (χ3v) is 3.65. The number of nitrogens with one attached hydrogen (secondary N) is 1. The Bertz CT molecular complexity index is 232. The van der Waals surface area contributed by atoms with Gasteiger partial charge in [-0.2, -0.15) is 0 Å². The molecule has 3 heteroatoms. The Hall–Kier alpha value is -0.570. The quantitative estimate of drug-likeness (QED) is 0.799. The van der Waals surface area contributed by atoms with Crippen LogP contribution >= 0.6 is 0 Å². The van der Waals surface area contributed by atoms with E-state index in [4.69, 9.17) is 0 Å². The highest BCUT2D eigenvalue weighted by atomic mass is 16.2. The van der Waals surface area contributed by atoms with Crippen LogP contribution in [-0.2, 0) is 4.79 Å². The largest absolute Gasteiger partial charge is 0.343 e. The number of rotatable bonds is 5. The maximum Gasteiger partial charge on any atom is 0.222 e. The van der Waals surface area contributed by atoms with Crippen LogP contribution in [0.5, 0.6) is 0 Å². The Morgan fingerprint density at radius 2 is 1.88 bits per heavy atom. The van der Waals surface area contributed by atoms with Crippen LogP contribution in [0.15, 0.2) is 0 Å². The summed E-state index contributed by atoms with van der Waals surface area (Å²) >= 11 is 0. The van der Waals surface area contributed by atoms with E-state index in [0.29, 0.717) is 23.8 Å². The third-order valence-electron chi connectivity index (χ3n) is 3.65. The normalized spacial score (nSPS) is 19.7. The molecule has 0 aromatic rings. The summed E-state index contributed by atoms with van der Waals surface area (Å²) in [6.45, 7) is 8.49. The van der Waals surface area contributed by atoms with E-state index in [9.17, 15) is 4.79 Å². The summed E-state index contributed by atoms with van der Waals surface area (Å²) in [6.07, 6.45) is 4.07. The van der Waals surface area contributed by atoms with Gasteiger partial charge in [0.15, 0.2) is 0 Å². The first kappa shape index (κ1) is 14.5. The summed E-state index contributed by atoms with van der Waals surface area (Å²) < 4.78 is 0. The number of piperidine rings is 1. The Labute approximate surface area is 106 Å². The molecule has 0 radical (unpaired) electrons. The molecule has 1 amide bonds. The average Bonchev–Trinajstić information content (AvgIpc) is 2.28. The molecule has 1 rings (SSSR count). The second-order valence-electron chi connectivity index (χ2n) is 5.88. The fraction of sp³-hybridized carbons (Fsp3) is 0.929. The lowest BCUT2D eigenvalue weighted by Gasteiger charge is -2.32. The average molecular weight is 240 g/mol. The molecule has 17 heavy (non-hydrogen) atoms. The van der Waals surface area contributed by atoms with E-state index >= 15 is 0 Å². The number of likely N-dealkylation sites (tertiary alicyclic amines) is 1. The number of hydrogen-bond donors (Lipinski definition) is 1. The van der Waals surface area contributed by atoms with Crippen molar-refractivity contribution in [2.24, 2.45) is 11.8 Å². The molecule has 0 spiro atoms. The van der Waals surface area contributed by atoms with Crippen LogP contribution in [-0.4, -0.2) is 37.0 Å². The monoisotopic (exact) mass is 240 g/mol. The lowest BCUT2D eigenvalue weighted by Crippen LogP contribution is -2.44. The standard InChI is InChI=1S/C14H28N2O/c1-11(2)9-12(3)10-14(17)16-7-5-13(15-4)6-8-16/h11-13,15H,5-10H2,1-4H3. The number of nitrogens with zero attached hydrogens (tertiary/aromatic N) is 1. The van der Waals surface area contributed by atoms with Crippen molar-refractivity contribution in [1.82, 2.24) is 10.2 Å². The van der Waals surface area contributed by atoms with Gasteiger partial charge in [-0.05, 0) is 38.1 Å². The highest BCUT2D eigenvalue weighted by Crippen LogP contribution is 2.18. The van der Waals surface area contributed by atoms with Crippen LogP contribution in [0.4, 0.5) is 0 Å². The zero-order valence-corrected chi connectivity index (χ0v) is 11.8. The van der Waals surface area contributed by atoms with Gasteiger partial charge < -0.3 is 10.2 Å². The van der Waals surface area contributed by atoms with Gasteiger partial charge in [-0.15, -0.1) is 0 Å². The molecule has 0 bridgehead atoms. The fourth-order valence-electron chi connectivity index (χ4n) is 2.73. The van der Waals surface area contributed by atoms with Crippen LogP contribution in [0.25, 0.3) is 0 Å². The highest BCUT2D eigenvalue weighted by molar-refractivity contribution is 5.76. The van der Waals surface area contributed by atoms with Gasteiger partial charge in [0.1, 0.15) is 0 Å². The van der Waals surface area contributed by atoms with E-state index in [0.717, 1.165) is 38.8 Å². The number of carbonyl (C=O) groups is 1. The first-order valence-electron chi connectivity index (χ1n) is 6.98. The summed E-state index contributed by atoms with van der Waals surface area (Å²) in [4.78, 5) is 14.1. The molecule has 1 saturated heterocycles. The van der Waals surface area contributed by atoms with Gasteiger partial charge in [-0.3, -0.25) is 4.79 Å². The number of hydrogen-bond acceptors (Lipinski definition) is 2. The van der Waals surface area contributed by atoms with Gasteiger partial charge in [-0.1, -0.05) is 20.8 Å². The van der Waals surface area contributed by atoms with E-state index < -0.39 is 0 Å². The number of carbonyl (C=O) groups excluding carboxylic acids is 1. The van der Waals surface area contributed by atoms with Gasteiger partial charge in [0.2, 0.25) is 5.91 Å². The second kappa shape index (κ2) is 7.00. The molecular weight excluding hydrogens is 212 g/mol. The van der Waals surface area contributed by atoms with E-state index in [-0.39, 0.29) is 0 Å². The Balaban J connectivity index is 2.29. The summed E-state index contributed by atoms with van der Waals surface area (Å²) in [6, 6.07) is 0.604. The van der Waals surface area contributed by atoms with Crippen LogP contribution in [0.1, 0.15) is 46.5 Å². The molecule has 3 nitrogen and oxygen atoms in total. The molecule has 1 aliphatic rings. The van der Waals surface area contributed by atoms with Gasteiger partial charge in [0.25, 0.3) is 0 Å².